The predicted molar refractivity (Wildman–Crippen MR) is 90.6 cm³/mol. The molecular weight excluding hydrogens is 326 g/mol. The van der Waals surface area contributed by atoms with Gasteiger partial charge in [-0.05, 0) is 47.7 Å². The molecule has 0 fully saturated rings. The lowest BCUT2D eigenvalue weighted by Gasteiger charge is -2.09. The summed E-state index contributed by atoms with van der Waals surface area (Å²) >= 11 is 3.44. The average Bonchev–Trinajstić information content (AvgIpc) is 2.48. The van der Waals surface area contributed by atoms with Crippen LogP contribution in [0.4, 0.5) is 0 Å². The molecule has 0 aliphatic carbocycles. The van der Waals surface area contributed by atoms with Crippen molar-refractivity contribution < 1.29 is 4.79 Å². The number of halogens is 1. The molecule has 2 nitrogen and oxygen atoms in total. The smallest absolute Gasteiger partial charge is 0.251 e. The molecule has 0 saturated carbocycles. The van der Waals surface area contributed by atoms with E-state index in [1.165, 1.54) is 5.56 Å². The fourth-order valence-corrected chi connectivity index (χ4v) is 2.34. The number of nitrogens with one attached hydrogen (secondary N) is 1. The van der Waals surface area contributed by atoms with Crippen LogP contribution in [0, 0.1) is 6.92 Å². The summed E-state index contributed by atoms with van der Waals surface area (Å²) in [6, 6.07) is 14.0. The number of rotatable bonds is 4. The van der Waals surface area contributed by atoms with Gasteiger partial charge < -0.3 is 5.32 Å². The standard InChI is InChI=1S/C18H20BrNO/c1-12(2)15-6-4-14(5-7-15)11-20-18(21)16-8-9-17(19)13(3)10-16/h4-10,12H,11H2,1-3H3,(H,20,21). The van der Waals surface area contributed by atoms with E-state index in [1.54, 1.807) is 0 Å². The summed E-state index contributed by atoms with van der Waals surface area (Å²) in [5.74, 6) is 0.484. The van der Waals surface area contributed by atoms with Gasteiger partial charge in [0.25, 0.3) is 5.91 Å². The van der Waals surface area contributed by atoms with Crippen LogP contribution < -0.4 is 5.32 Å². The Morgan fingerprint density at radius 2 is 1.81 bits per heavy atom. The molecule has 2 rings (SSSR count). The van der Waals surface area contributed by atoms with Crippen LogP contribution in [0.2, 0.25) is 0 Å². The minimum atomic E-state index is -0.0430. The monoisotopic (exact) mass is 345 g/mol. The van der Waals surface area contributed by atoms with Crippen molar-refractivity contribution in [1.29, 1.82) is 0 Å². The van der Waals surface area contributed by atoms with Crippen molar-refractivity contribution >= 4 is 21.8 Å². The zero-order valence-corrected chi connectivity index (χ0v) is 14.2. The molecule has 0 heterocycles. The Labute approximate surface area is 134 Å². The summed E-state index contributed by atoms with van der Waals surface area (Å²) in [5.41, 5.74) is 4.17. The molecule has 1 amide bonds. The van der Waals surface area contributed by atoms with E-state index in [2.05, 4.69) is 59.4 Å². The van der Waals surface area contributed by atoms with E-state index in [0.717, 1.165) is 15.6 Å². The van der Waals surface area contributed by atoms with Gasteiger partial charge in [-0.1, -0.05) is 54.0 Å². The molecule has 3 heteroatoms. The Hall–Kier alpha value is -1.61. The highest BCUT2D eigenvalue weighted by Crippen LogP contribution is 2.17. The molecule has 0 aliphatic heterocycles. The van der Waals surface area contributed by atoms with Crippen molar-refractivity contribution in [3.8, 4) is 0 Å². The van der Waals surface area contributed by atoms with E-state index in [1.807, 2.05) is 25.1 Å². The van der Waals surface area contributed by atoms with Gasteiger partial charge in [-0.25, -0.2) is 0 Å². The zero-order chi connectivity index (χ0) is 15.4. The number of hydrogen-bond donors (Lipinski definition) is 1. The first kappa shape index (κ1) is 15.8. The molecule has 0 aliphatic rings. The molecule has 0 bridgehead atoms. The maximum atomic E-state index is 12.1. The van der Waals surface area contributed by atoms with Crippen molar-refractivity contribution in [1.82, 2.24) is 5.32 Å². The lowest BCUT2D eigenvalue weighted by Crippen LogP contribution is -2.22. The molecule has 21 heavy (non-hydrogen) atoms. The first-order chi connectivity index (χ1) is 9.97. The van der Waals surface area contributed by atoms with Gasteiger partial charge in [0.05, 0.1) is 0 Å². The van der Waals surface area contributed by atoms with E-state index in [4.69, 9.17) is 0 Å². The highest BCUT2D eigenvalue weighted by Gasteiger charge is 2.07. The second-order valence-electron chi connectivity index (χ2n) is 5.54. The van der Waals surface area contributed by atoms with E-state index in [9.17, 15) is 4.79 Å². The van der Waals surface area contributed by atoms with Crippen LogP contribution in [-0.2, 0) is 6.54 Å². The normalized spacial score (nSPS) is 10.7. The van der Waals surface area contributed by atoms with Crippen LogP contribution in [0.3, 0.4) is 0 Å². The molecule has 0 atom stereocenters. The minimum Gasteiger partial charge on any atom is -0.348 e. The Balaban J connectivity index is 1.98. The lowest BCUT2D eigenvalue weighted by molar-refractivity contribution is 0.0951. The number of benzene rings is 2. The topological polar surface area (TPSA) is 29.1 Å². The average molecular weight is 346 g/mol. The van der Waals surface area contributed by atoms with E-state index >= 15 is 0 Å². The number of aryl methyl sites for hydroxylation is 1. The minimum absolute atomic E-state index is 0.0430. The van der Waals surface area contributed by atoms with Crippen molar-refractivity contribution in [2.24, 2.45) is 0 Å². The van der Waals surface area contributed by atoms with Gasteiger partial charge in [-0.2, -0.15) is 0 Å². The largest absolute Gasteiger partial charge is 0.348 e. The van der Waals surface area contributed by atoms with E-state index in [-0.39, 0.29) is 5.91 Å². The van der Waals surface area contributed by atoms with E-state index in [0.29, 0.717) is 18.0 Å². The second-order valence-corrected chi connectivity index (χ2v) is 6.40. The molecule has 0 saturated heterocycles. The highest BCUT2D eigenvalue weighted by atomic mass is 79.9. The molecular formula is C18H20BrNO. The van der Waals surface area contributed by atoms with Gasteiger partial charge in [0.15, 0.2) is 0 Å². The number of carbonyl (C=O) groups excluding carboxylic acids is 1. The van der Waals surface area contributed by atoms with E-state index < -0.39 is 0 Å². The molecule has 0 aromatic heterocycles. The molecule has 2 aromatic rings. The molecule has 0 unspecified atom stereocenters. The van der Waals surface area contributed by atoms with Crippen molar-refractivity contribution in [2.75, 3.05) is 0 Å². The Morgan fingerprint density at radius 1 is 1.14 bits per heavy atom. The summed E-state index contributed by atoms with van der Waals surface area (Å²) in [4.78, 5) is 12.1. The Kier molecular flexibility index (Phi) is 5.18. The zero-order valence-electron chi connectivity index (χ0n) is 12.6. The van der Waals surface area contributed by atoms with Crippen LogP contribution in [0.25, 0.3) is 0 Å². The van der Waals surface area contributed by atoms with Gasteiger partial charge in [-0.15, -0.1) is 0 Å². The Morgan fingerprint density at radius 3 is 2.38 bits per heavy atom. The van der Waals surface area contributed by atoms with Crippen molar-refractivity contribution in [3.05, 3.63) is 69.2 Å². The molecule has 110 valence electrons. The first-order valence-corrected chi connectivity index (χ1v) is 7.90. The third-order valence-corrected chi connectivity index (χ3v) is 4.41. The number of hydrogen-bond acceptors (Lipinski definition) is 1. The van der Waals surface area contributed by atoms with Gasteiger partial charge in [-0.3, -0.25) is 4.79 Å². The molecule has 0 spiro atoms. The van der Waals surface area contributed by atoms with Gasteiger partial charge in [0, 0.05) is 16.6 Å². The highest BCUT2D eigenvalue weighted by molar-refractivity contribution is 9.10. The van der Waals surface area contributed by atoms with Crippen LogP contribution in [0.1, 0.15) is 46.8 Å². The van der Waals surface area contributed by atoms with Gasteiger partial charge in [0.2, 0.25) is 0 Å². The molecule has 0 radical (unpaired) electrons. The SMILES string of the molecule is Cc1cc(C(=O)NCc2ccc(C(C)C)cc2)ccc1Br. The third kappa shape index (κ3) is 4.18. The molecule has 2 aromatic carbocycles. The number of carbonyl (C=O) groups is 1. The number of amides is 1. The maximum Gasteiger partial charge on any atom is 0.251 e. The fraction of sp³-hybridized carbons (Fsp3) is 0.278. The van der Waals surface area contributed by atoms with Gasteiger partial charge >= 0.3 is 0 Å². The van der Waals surface area contributed by atoms with Crippen LogP contribution in [-0.4, -0.2) is 5.91 Å². The summed E-state index contributed by atoms with van der Waals surface area (Å²) in [5, 5.41) is 2.96. The van der Waals surface area contributed by atoms with Crippen LogP contribution in [0.5, 0.6) is 0 Å². The Bertz CT molecular complexity index is 632. The van der Waals surface area contributed by atoms with Crippen LogP contribution >= 0.6 is 15.9 Å². The summed E-state index contributed by atoms with van der Waals surface area (Å²) in [7, 11) is 0. The fourth-order valence-electron chi connectivity index (χ4n) is 2.09. The third-order valence-electron chi connectivity index (χ3n) is 3.52. The van der Waals surface area contributed by atoms with Crippen LogP contribution in [0.15, 0.2) is 46.9 Å². The van der Waals surface area contributed by atoms with Gasteiger partial charge in [0.1, 0.15) is 0 Å². The van der Waals surface area contributed by atoms with Crippen molar-refractivity contribution in [3.63, 3.8) is 0 Å². The second kappa shape index (κ2) is 6.90. The molecule has 1 N–H and O–H groups in total. The predicted octanol–water partition coefficient (Wildman–Crippen LogP) is 4.81. The maximum absolute atomic E-state index is 12.1. The summed E-state index contributed by atoms with van der Waals surface area (Å²) < 4.78 is 1.02. The lowest BCUT2D eigenvalue weighted by atomic mass is 10.0. The summed E-state index contributed by atoms with van der Waals surface area (Å²) in [6.07, 6.45) is 0. The first-order valence-electron chi connectivity index (χ1n) is 7.10. The summed E-state index contributed by atoms with van der Waals surface area (Å²) in [6.45, 7) is 6.87. The quantitative estimate of drug-likeness (QED) is 0.846. The van der Waals surface area contributed by atoms with Crippen molar-refractivity contribution in [2.45, 2.75) is 33.2 Å².